The summed E-state index contributed by atoms with van der Waals surface area (Å²) >= 11 is 6.20. The number of aromatic amines is 1. The predicted molar refractivity (Wildman–Crippen MR) is 95.9 cm³/mol. The van der Waals surface area contributed by atoms with E-state index in [0.29, 0.717) is 33.1 Å². The van der Waals surface area contributed by atoms with Gasteiger partial charge in [-0.2, -0.15) is 10.3 Å². The number of amides is 1. The van der Waals surface area contributed by atoms with Crippen LogP contribution < -0.4 is 15.8 Å². The average Bonchev–Trinajstić information content (AvgIpc) is 3.07. The number of hydrogen-bond donors (Lipinski definition) is 4. The summed E-state index contributed by atoms with van der Waals surface area (Å²) in [6.07, 6.45) is -0.629. The van der Waals surface area contributed by atoms with Gasteiger partial charge in [0.2, 0.25) is 5.65 Å². The summed E-state index contributed by atoms with van der Waals surface area (Å²) < 4.78 is 5.76. The van der Waals surface area contributed by atoms with Gasteiger partial charge < -0.3 is 20.9 Å². The molecule has 0 bridgehead atoms. The lowest BCUT2D eigenvalue weighted by molar-refractivity contribution is 0.0924. The van der Waals surface area contributed by atoms with E-state index in [2.05, 4.69) is 25.7 Å². The number of nitrogens with one attached hydrogen (secondary N) is 2. The molecule has 3 aromatic rings. The quantitative estimate of drug-likeness (QED) is 0.508. The van der Waals surface area contributed by atoms with Crippen LogP contribution in [0.15, 0.2) is 24.3 Å². The zero-order valence-electron chi connectivity index (χ0n) is 13.9. The van der Waals surface area contributed by atoms with E-state index in [1.807, 2.05) is 0 Å². The van der Waals surface area contributed by atoms with Gasteiger partial charge >= 0.3 is 0 Å². The van der Waals surface area contributed by atoms with Crippen LogP contribution in [0.25, 0.3) is 11.2 Å². The van der Waals surface area contributed by atoms with Crippen LogP contribution in [0.5, 0.6) is 5.75 Å². The Bertz CT molecular complexity index is 943. The fraction of sp³-hybridized carbons (Fsp3) is 0.250. The number of carbonyl (C=O) groups is 1. The molecule has 1 amide bonds. The Morgan fingerprint density at radius 3 is 3.00 bits per heavy atom. The molecule has 9 nitrogen and oxygen atoms in total. The monoisotopic (exact) mass is 376 g/mol. The number of nitrogen functional groups attached to an aromatic ring is 1. The molecule has 26 heavy (non-hydrogen) atoms. The highest BCUT2D eigenvalue weighted by Gasteiger charge is 2.13. The van der Waals surface area contributed by atoms with Crippen LogP contribution in [0.4, 0.5) is 5.82 Å². The second-order valence-corrected chi connectivity index (χ2v) is 6.10. The van der Waals surface area contributed by atoms with Crippen molar-refractivity contribution in [2.24, 2.45) is 0 Å². The first-order valence-corrected chi connectivity index (χ1v) is 8.16. The van der Waals surface area contributed by atoms with Gasteiger partial charge in [-0.05, 0) is 25.1 Å². The molecule has 136 valence electrons. The number of carbonyl (C=O) groups excluding carboxylic acids is 1. The summed E-state index contributed by atoms with van der Waals surface area (Å²) in [6, 6.07) is 6.38. The summed E-state index contributed by atoms with van der Waals surface area (Å²) in [5.41, 5.74) is 7.55. The lowest BCUT2D eigenvalue weighted by Crippen LogP contribution is -2.30. The molecule has 0 spiro atoms. The third-order valence-corrected chi connectivity index (χ3v) is 3.89. The highest BCUT2D eigenvalue weighted by Crippen LogP contribution is 2.25. The second kappa shape index (κ2) is 7.54. The van der Waals surface area contributed by atoms with Crippen LogP contribution in [0.3, 0.4) is 0 Å². The number of nitrogens with zero attached hydrogens (tertiary/aromatic N) is 3. The van der Waals surface area contributed by atoms with Crippen LogP contribution in [0, 0.1) is 0 Å². The van der Waals surface area contributed by atoms with Crippen LogP contribution in [-0.4, -0.2) is 44.1 Å². The average molecular weight is 377 g/mol. The fourth-order valence-electron chi connectivity index (χ4n) is 2.26. The third kappa shape index (κ3) is 4.01. The molecule has 1 unspecified atom stereocenters. The molecular formula is C16H17ClN6O3. The number of pyridine rings is 1. The summed E-state index contributed by atoms with van der Waals surface area (Å²) in [5, 5.41) is 22.7. The van der Waals surface area contributed by atoms with Crippen molar-refractivity contribution in [2.75, 3.05) is 12.3 Å². The fourth-order valence-corrected chi connectivity index (χ4v) is 2.43. The molecule has 5 N–H and O–H groups in total. The smallest absolute Gasteiger partial charge is 0.251 e. The molecule has 2 heterocycles. The van der Waals surface area contributed by atoms with E-state index in [0.717, 1.165) is 0 Å². The molecule has 0 aliphatic rings. The van der Waals surface area contributed by atoms with Crippen LogP contribution in [0.2, 0.25) is 5.02 Å². The minimum atomic E-state index is -0.629. The second-order valence-electron chi connectivity index (χ2n) is 5.69. The van der Waals surface area contributed by atoms with E-state index in [4.69, 9.17) is 22.1 Å². The Kier molecular flexibility index (Phi) is 5.19. The number of H-pyrrole nitrogens is 1. The van der Waals surface area contributed by atoms with Crippen LogP contribution in [0.1, 0.15) is 22.8 Å². The summed E-state index contributed by atoms with van der Waals surface area (Å²) in [5.74, 6) is 0.343. The molecule has 2 aromatic heterocycles. The number of nitrogens with two attached hydrogens (primary N) is 1. The van der Waals surface area contributed by atoms with Crippen molar-refractivity contribution >= 4 is 34.5 Å². The van der Waals surface area contributed by atoms with Crippen molar-refractivity contribution in [2.45, 2.75) is 19.6 Å². The van der Waals surface area contributed by atoms with Gasteiger partial charge in [-0.25, -0.2) is 4.98 Å². The SMILES string of the molecule is CC(O)CNC(=O)c1ccc(Cl)c(COc2cc(N)nc3n[nH]nc23)c1. The third-order valence-electron chi connectivity index (χ3n) is 3.53. The number of aliphatic hydroxyl groups excluding tert-OH is 1. The molecule has 0 aliphatic heterocycles. The van der Waals surface area contributed by atoms with E-state index in [1.54, 1.807) is 25.1 Å². The number of hydrogen-bond acceptors (Lipinski definition) is 7. The number of benzene rings is 1. The van der Waals surface area contributed by atoms with E-state index in [9.17, 15) is 9.90 Å². The van der Waals surface area contributed by atoms with Crippen molar-refractivity contribution in [1.29, 1.82) is 0 Å². The van der Waals surface area contributed by atoms with Gasteiger partial charge in [0.15, 0.2) is 11.3 Å². The van der Waals surface area contributed by atoms with Gasteiger partial charge in [0.05, 0.1) is 6.10 Å². The number of rotatable bonds is 6. The zero-order valence-corrected chi connectivity index (χ0v) is 14.6. The maximum Gasteiger partial charge on any atom is 0.251 e. The number of fused-ring (bicyclic) bond motifs is 1. The Balaban J connectivity index is 1.78. The van der Waals surface area contributed by atoms with Gasteiger partial charge in [-0.3, -0.25) is 4.79 Å². The van der Waals surface area contributed by atoms with E-state index < -0.39 is 6.10 Å². The normalized spacial score (nSPS) is 12.1. The number of aliphatic hydroxyl groups is 1. The number of anilines is 1. The zero-order chi connectivity index (χ0) is 18.7. The van der Waals surface area contributed by atoms with Gasteiger partial charge in [0, 0.05) is 28.8 Å². The highest BCUT2D eigenvalue weighted by atomic mass is 35.5. The van der Waals surface area contributed by atoms with Gasteiger partial charge in [0.1, 0.15) is 12.4 Å². The first kappa shape index (κ1) is 17.9. The van der Waals surface area contributed by atoms with Crippen LogP contribution in [-0.2, 0) is 6.61 Å². The molecule has 0 aliphatic carbocycles. The molecule has 3 rings (SSSR count). The molecule has 0 fully saturated rings. The summed E-state index contributed by atoms with van der Waals surface area (Å²) in [6.45, 7) is 1.85. The Morgan fingerprint density at radius 2 is 2.23 bits per heavy atom. The molecule has 0 radical (unpaired) electrons. The van der Waals surface area contributed by atoms with Crippen molar-refractivity contribution in [1.82, 2.24) is 25.7 Å². The molecule has 10 heteroatoms. The minimum Gasteiger partial charge on any atom is -0.486 e. The van der Waals surface area contributed by atoms with Gasteiger partial charge in [-0.1, -0.05) is 11.6 Å². The Hall–Kier alpha value is -2.91. The van der Waals surface area contributed by atoms with E-state index in [1.165, 1.54) is 6.07 Å². The summed E-state index contributed by atoms with van der Waals surface area (Å²) in [4.78, 5) is 16.2. The lowest BCUT2D eigenvalue weighted by Gasteiger charge is -2.11. The topological polar surface area (TPSA) is 139 Å². The molecule has 1 aromatic carbocycles. The van der Waals surface area contributed by atoms with Gasteiger partial charge in [-0.15, -0.1) is 5.10 Å². The van der Waals surface area contributed by atoms with E-state index >= 15 is 0 Å². The van der Waals surface area contributed by atoms with Crippen LogP contribution >= 0.6 is 11.6 Å². The lowest BCUT2D eigenvalue weighted by atomic mass is 10.1. The highest BCUT2D eigenvalue weighted by molar-refractivity contribution is 6.31. The largest absolute Gasteiger partial charge is 0.486 e. The minimum absolute atomic E-state index is 0.0990. The maximum absolute atomic E-state index is 12.1. The Labute approximate surface area is 153 Å². The molecule has 0 saturated heterocycles. The number of ether oxygens (including phenoxy) is 1. The molecular weight excluding hydrogens is 360 g/mol. The maximum atomic E-state index is 12.1. The first-order valence-electron chi connectivity index (χ1n) is 7.78. The van der Waals surface area contributed by atoms with Crippen molar-refractivity contribution in [3.05, 3.63) is 40.4 Å². The first-order chi connectivity index (χ1) is 12.4. The molecule has 1 atom stereocenters. The van der Waals surface area contributed by atoms with Gasteiger partial charge in [0.25, 0.3) is 5.91 Å². The summed E-state index contributed by atoms with van der Waals surface area (Å²) in [7, 11) is 0. The van der Waals surface area contributed by atoms with E-state index in [-0.39, 0.29) is 24.9 Å². The van der Waals surface area contributed by atoms with Crippen molar-refractivity contribution in [3.63, 3.8) is 0 Å². The number of aromatic nitrogens is 4. The standard InChI is InChI=1S/C16H17ClN6O3/c1-8(24)6-19-16(25)9-2-3-11(17)10(4-9)7-26-12-5-13(18)20-15-14(12)21-23-22-15/h2-5,8,24H,6-7H2,1H3,(H,19,25)(H3,18,20,21,22,23). The predicted octanol–water partition coefficient (Wildman–Crippen LogP) is 1.28. The number of halogens is 1. The molecule has 0 saturated carbocycles. The Morgan fingerprint density at radius 1 is 1.42 bits per heavy atom. The van der Waals surface area contributed by atoms with Crippen molar-refractivity contribution in [3.8, 4) is 5.75 Å². The van der Waals surface area contributed by atoms with Crippen molar-refractivity contribution < 1.29 is 14.6 Å².